The first kappa shape index (κ1) is 27.6. The van der Waals surface area contributed by atoms with E-state index in [1.807, 2.05) is 0 Å². The summed E-state index contributed by atoms with van der Waals surface area (Å²) >= 11 is 0. The van der Waals surface area contributed by atoms with Crippen LogP contribution < -0.4 is 5.32 Å². The summed E-state index contributed by atoms with van der Waals surface area (Å²) < 4.78 is 97.7. The van der Waals surface area contributed by atoms with Gasteiger partial charge in [-0.2, -0.15) is 13.2 Å². The lowest BCUT2D eigenvalue weighted by molar-refractivity contribution is -0.187. The zero-order valence-electron chi connectivity index (χ0n) is 20.2. The Morgan fingerprint density at radius 3 is 1.92 bits per heavy atom. The van der Waals surface area contributed by atoms with E-state index >= 15 is 0 Å². The van der Waals surface area contributed by atoms with Crippen LogP contribution in [-0.2, 0) is 11.8 Å². The van der Waals surface area contributed by atoms with Crippen LogP contribution in [-0.4, -0.2) is 42.7 Å². The van der Waals surface area contributed by atoms with Crippen LogP contribution in [0.2, 0.25) is 0 Å². The molecule has 0 spiro atoms. The zero-order chi connectivity index (χ0) is 27.5. The normalized spacial score (nSPS) is 16.7. The Morgan fingerprint density at radius 2 is 1.39 bits per heavy atom. The molecule has 3 aromatic carbocycles. The van der Waals surface area contributed by atoms with E-state index in [1.165, 1.54) is 4.90 Å². The fourth-order valence-electron chi connectivity index (χ4n) is 5.02. The lowest BCUT2D eigenvalue weighted by Crippen LogP contribution is -2.55. The van der Waals surface area contributed by atoms with E-state index < -0.39 is 52.4 Å². The first-order chi connectivity index (χ1) is 18.0. The number of piperidine rings is 1. The number of nitrogens with zero attached hydrogens (tertiary/aromatic N) is 1. The van der Waals surface area contributed by atoms with Crippen molar-refractivity contribution in [3.63, 3.8) is 0 Å². The van der Waals surface area contributed by atoms with Crippen LogP contribution >= 0.6 is 0 Å². The van der Waals surface area contributed by atoms with E-state index in [1.54, 1.807) is 60.7 Å². The highest BCUT2D eigenvalue weighted by molar-refractivity contribution is 5.94. The Morgan fingerprint density at radius 1 is 0.868 bits per heavy atom. The van der Waals surface area contributed by atoms with Gasteiger partial charge in [-0.1, -0.05) is 60.7 Å². The Bertz CT molecular complexity index is 1230. The molecule has 1 saturated heterocycles. The molecule has 0 radical (unpaired) electrons. The van der Waals surface area contributed by atoms with Gasteiger partial charge < -0.3 is 5.32 Å². The maximum Gasteiger partial charge on any atom is 0.404 e. The molecule has 1 N–H and O–H groups in total. The van der Waals surface area contributed by atoms with Crippen molar-refractivity contribution in [2.45, 2.75) is 36.9 Å². The second kappa shape index (κ2) is 11.1. The number of nitrogens with one attached hydrogen (secondary N) is 1. The number of rotatable bonds is 7. The molecule has 10 heteroatoms. The maximum absolute atomic E-state index is 14.2. The Balaban J connectivity index is 1.56. The van der Waals surface area contributed by atoms with Crippen LogP contribution in [0.15, 0.2) is 66.7 Å². The summed E-state index contributed by atoms with van der Waals surface area (Å²) in [7, 11) is 0. The largest absolute Gasteiger partial charge is 0.404 e. The van der Waals surface area contributed by atoms with Crippen LogP contribution in [0.4, 0.5) is 30.7 Å². The number of hydrogen-bond donors (Lipinski definition) is 1. The summed E-state index contributed by atoms with van der Waals surface area (Å²) in [4.78, 5) is 14.0. The third-order valence-electron chi connectivity index (χ3n) is 7.16. The van der Waals surface area contributed by atoms with Crippen molar-refractivity contribution in [2.24, 2.45) is 0 Å². The van der Waals surface area contributed by atoms with E-state index in [0.717, 1.165) is 5.56 Å². The van der Waals surface area contributed by atoms with Gasteiger partial charge in [-0.05, 0) is 43.5 Å². The van der Waals surface area contributed by atoms with Crippen molar-refractivity contribution in [3.05, 3.63) is 107 Å². The SMILES string of the molecule is O=C(NCC1(c2ccccc2)CCN(C(Cc2ccccc2)C(F)(F)F)CC1)c1c(F)c(F)cc(F)c1F. The molecule has 0 saturated carbocycles. The molecule has 4 rings (SSSR count). The lowest BCUT2D eigenvalue weighted by Gasteiger charge is -2.45. The van der Waals surface area contributed by atoms with Crippen molar-refractivity contribution in [1.82, 2.24) is 10.2 Å². The van der Waals surface area contributed by atoms with Gasteiger partial charge in [0.2, 0.25) is 0 Å². The fourth-order valence-corrected chi connectivity index (χ4v) is 5.02. The molecule has 0 aromatic heterocycles. The second-order valence-corrected chi connectivity index (χ2v) is 9.46. The predicted octanol–water partition coefficient (Wildman–Crippen LogP) is 6.18. The number of benzene rings is 3. The van der Waals surface area contributed by atoms with Gasteiger partial charge in [0.1, 0.15) is 11.6 Å². The minimum Gasteiger partial charge on any atom is -0.351 e. The molecular formula is C28H25F7N2O. The van der Waals surface area contributed by atoms with E-state index in [0.29, 0.717) is 5.56 Å². The van der Waals surface area contributed by atoms with Crippen LogP contribution in [0.1, 0.15) is 34.3 Å². The molecule has 1 amide bonds. The van der Waals surface area contributed by atoms with Crippen molar-refractivity contribution in [3.8, 4) is 0 Å². The number of halogens is 7. The summed E-state index contributed by atoms with van der Waals surface area (Å²) in [6.07, 6.45) is -4.31. The maximum atomic E-state index is 14.2. The summed E-state index contributed by atoms with van der Waals surface area (Å²) in [5, 5.41) is 2.37. The average Bonchev–Trinajstić information content (AvgIpc) is 2.90. The minimum atomic E-state index is -4.48. The molecule has 1 atom stereocenters. The molecule has 1 unspecified atom stereocenters. The molecule has 202 valence electrons. The van der Waals surface area contributed by atoms with Crippen molar-refractivity contribution in [2.75, 3.05) is 19.6 Å². The number of carbonyl (C=O) groups excluding carboxylic acids is 1. The van der Waals surface area contributed by atoms with Gasteiger partial charge in [0.05, 0.1) is 0 Å². The van der Waals surface area contributed by atoms with Crippen molar-refractivity contribution in [1.29, 1.82) is 0 Å². The molecule has 38 heavy (non-hydrogen) atoms. The number of carbonyl (C=O) groups is 1. The lowest BCUT2D eigenvalue weighted by atomic mass is 9.72. The van der Waals surface area contributed by atoms with Crippen LogP contribution in [0, 0.1) is 23.3 Å². The van der Waals surface area contributed by atoms with Gasteiger partial charge in [-0.3, -0.25) is 9.69 Å². The van der Waals surface area contributed by atoms with Crippen LogP contribution in [0.5, 0.6) is 0 Å². The Labute approximate surface area is 215 Å². The monoisotopic (exact) mass is 538 g/mol. The van der Waals surface area contributed by atoms with Crippen molar-refractivity contribution < 1.29 is 35.5 Å². The van der Waals surface area contributed by atoms with Gasteiger partial charge in [-0.25, -0.2) is 17.6 Å². The highest BCUT2D eigenvalue weighted by Gasteiger charge is 2.47. The molecule has 1 aliphatic heterocycles. The Hall–Kier alpha value is -3.40. The molecule has 3 nitrogen and oxygen atoms in total. The van der Waals surface area contributed by atoms with E-state index in [9.17, 15) is 35.5 Å². The molecule has 0 bridgehead atoms. The van der Waals surface area contributed by atoms with Crippen molar-refractivity contribution >= 4 is 5.91 Å². The third kappa shape index (κ3) is 5.85. The summed E-state index contributed by atoms with van der Waals surface area (Å²) in [6.45, 7) is -0.117. The third-order valence-corrected chi connectivity index (χ3v) is 7.16. The molecule has 3 aromatic rings. The highest BCUT2D eigenvalue weighted by Crippen LogP contribution is 2.38. The summed E-state index contributed by atoms with van der Waals surface area (Å²) in [6, 6.07) is 15.4. The van der Waals surface area contributed by atoms with Crippen LogP contribution in [0.25, 0.3) is 0 Å². The van der Waals surface area contributed by atoms with Crippen LogP contribution in [0.3, 0.4) is 0 Å². The van der Waals surface area contributed by atoms with Gasteiger partial charge in [-0.15, -0.1) is 0 Å². The van der Waals surface area contributed by atoms with Gasteiger partial charge in [0.15, 0.2) is 23.3 Å². The topological polar surface area (TPSA) is 32.3 Å². The quantitative estimate of drug-likeness (QED) is 0.288. The number of amides is 1. The predicted molar refractivity (Wildman–Crippen MR) is 128 cm³/mol. The smallest absolute Gasteiger partial charge is 0.351 e. The minimum absolute atomic E-state index is 0.00907. The zero-order valence-corrected chi connectivity index (χ0v) is 20.2. The summed E-state index contributed by atoms with van der Waals surface area (Å²) in [5.74, 6) is -8.42. The Kier molecular flexibility index (Phi) is 8.10. The molecule has 1 aliphatic rings. The number of alkyl halides is 3. The molecular weight excluding hydrogens is 513 g/mol. The van der Waals surface area contributed by atoms with E-state index in [2.05, 4.69) is 5.32 Å². The highest BCUT2D eigenvalue weighted by atomic mass is 19.4. The number of likely N-dealkylation sites (tertiary alicyclic amines) is 1. The van der Waals surface area contributed by atoms with Gasteiger partial charge in [0, 0.05) is 18.0 Å². The van der Waals surface area contributed by atoms with Gasteiger partial charge in [0.25, 0.3) is 5.91 Å². The second-order valence-electron chi connectivity index (χ2n) is 9.46. The van der Waals surface area contributed by atoms with E-state index in [4.69, 9.17) is 0 Å². The molecule has 0 aliphatic carbocycles. The van der Waals surface area contributed by atoms with Gasteiger partial charge >= 0.3 is 6.18 Å². The standard InChI is InChI=1S/C28H25F7N2O/c29-20-16-21(30)25(32)23(24(20)31)26(38)36-17-27(19-9-5-2-6-10-19)11-13-37(14-12-27)22(28(33,34)35)15-18-7-3-1-4-8-18/h1-10,16,22H,11-15,17H2,(H,36,38). The fraction of sp³-hybridized carbons (Fsp3) is 0.321. The number of hydrogen-bond acceptors (Lipinski definition) is 2. The van der Waals surface area contributed by atoms with E-state index in [-0.39, 0.29) is 45.0 Å². The first-order valence-corrected chi connectivity index (χ1v) is 12.0. The molecule has 1 heterocycles. The summed E-state index contributed by atoms with van der Waals surface area (Å²) in [5.41, 5.74) is -0.982. The molecule has 1 fully saturated rings. The average molecular weight is 539 g/mol. The first-order valence-electron chi connectivity index (χ1n) is 12.0.